The molecule has 0 aliphatic carbocycles. The van der Waals surface area contributed by atoms with Crippen molar-refractivity contribution in [1.29, 1.82) is 0 Å². The Bertz CT molecular complexity index is 204. The maximum Gasteiger partial charge on any atom is 0.236 e. The Labute approximate surface area is 78.9 Å². The topological polar surface area (TPSA) is 72.2 Å². The summed E-state index contributed by atoms with van der Waals surface area (Å²) in [4.78, 5) is 22.3. The maximum atomic E-state index is 11.3. The molecule has 1 amide bonds. The molecule has 0 aliphatic heterocycles. The Morgan fingerprint density at radius 2 is 1.85 bits per heavy atom. The predicted octanol–water partition coefficient (Wildman–Crippen LogP) is 0.0650. The normalized spacial score (nSPS) is 13.6. The molecule has 4 nitrogen and oxygen atoms in total. The Hall–Kier alpha value is -0.900. The molecule has 0 rings (SSSR count). The van der Waals surface area contributed by atoms with Crippen LogP contribution in [-0.2, 0) is 9.59 Å². The summed E-state index contributed by atoms with van der Waals surface area (Å²) in [5, 5.41) is 2.47. The van der Waals surface area contributed by atoms with Gasteiger partial charge in [-0.05, 0) is 6.92 Å². The van der Waals surface area contributed by atoms with Gasteiger partial charge in [-0.25, -0.2) is 0 Å². The summed E-state index contributed by atoms with van der Waals surface area (Å²) < 4.78 is 0. The van der Waals surface area contributed by atoms with E-state index in [1.165, 1.54) is 0 Å². The number of nitrogens with two attached hydrogens (primary N) is 1. The van der Waals surface area contributed by atoms with Crippen LogP contribution in [0.3, 0.4) is 0 Å². The molecule has 76 valence electrons. The van der Waals surface area contributed by atoms with Crippen molar-refractivity contribution < 1.29 is 9.59 Å². The molecule has 1 atom stereocenters. The smallest absolute Gasteiger partial charge is 0.236 e. The van der Waals surface area contributed by atoms with Crippen molar-refractivity contribution in [3.63, 3.8) is 0 Å². The molecule has 1 unspecified atom stereocenters. The lowest BCUT2D eigenvalue weighted by Gasteiger charge is -2.17. The van der Waals surface area contributed by atoms with E-state index >= 15 is 0 Å². The Balaban J connectivity index is 3.92. The van der Waals surface area contributed by atoms with E-state index in [2.05, 4.69) is 5.32 Å². The third-order valence-corrected chi connectivity index (χ3v) is 1.67. The first kappa shape index (κ1) is 12.1. The Morgan fingerprint density at radius 1 is 1.38 bits per heavy atom. The molecule has 0 bridgehead atoms. The highest BCUT2D eigenvalue weighted by molar-refractivity contribution is 5.90. The van der Waals surface area contributed by atoms with Crippen molar-refractivity contribution in [3.8, 4) is 0 Å². The van der Waals surface area contributed by atoms with Gasteiger partial charge in [-0.3, -0.25) is 9.59 Å². The zero-order valence-corrected chi connectivity index (χ0v) is 8.68. The van der Waals surface area contributed by atoms with Crippen molar-refractivity contribution in [2.24, 2.45) is 11.1 Å². The molecule has 0 radical (unpaired) electrons. The lowest BCUT2D eigenvalue weighted by Crippen LogP contribution is -2.42. The summed E-state index contributed by atoms with van der Waals surface area (Å²) >= 11 is 0. The lowest BCUT2D eigenvalue weighted by atomic mass is 9.91. The van der Waals surface area contributed by atoms with E-state index in [-0.39, 0.29) is 18.2 Å². The average molecular weight is 186 g/mol. The summed E-state index contributed by atoms with van der Waals surface area (Å²) in [7, 11) is 0. The van der Waals surface area contributed by atoms with Crippen LogP contribution in [0.2, 0.25) is 0 Å². The van der Waals surface area contributed by atoms with Crippen molar-refractivity contribution in [3.05, 3.63) is 0 Å². The quantitative estimate of drug-likeness (QED) is 0.655. The summed E-state index contributed by atoms with van der Waals surface area (Å²) in [5.74, 6) is -0.292. The predicted molar refractivity (Wildman–Crippen MR) is 51.1 cm³/mol. The van der Waals surface area contributed by atoms with E-state index in [0.29, 0.717) is 0 Å². The number of carbonyl (C=O) groups excluding carboxylic acids is 2. The molecule has 0 aromatic carbocycles. The zero-order valence-electron chi connectivity index (χ0n) is 8.68. The molecule has 0 spiro atoms. The van der Waals surface area contributed by atoms with Gasteiger partial charge in [0, 0.05) is 5.41 Å². The highest BCUT2D eigenvalue weighted by atomic mass is 16.2. The molecule has 0 fully saturated rings. The summed E-state index contributed by atoms with van der Waals surface area (Å²) in [6.07, 6.45) is 0. The van der Waals surface area contributed by atoms with Gasteiger partial charge in [-0.2, -0.15) is 0 Å². The standard InChI is InChI=1S/C9H18N2O2/c1-6(10)8(13)11-5-7(12)9(2,3)4/h6H,5,10H2,1-4H3,(H,11,13). The van der Waals surface area contributed by atoms with E-state index in [9.17, 15) is 9.59 Å². The van der Waals surface area contributed by atoms with Gasteiger partial charge < -0.3 is 11.1 Å². The van der Waals surface area contributed by atoms with Crippen LogP contribution in [0, 0.1) is 5.41 Å². The molecule has 0 saturated heterocycles. The first-order valence-electron chi connectivity index (χ1n) is 4.31. The third-order valence-electron chi connectivity index (χ3n) is 1.67. The monoisotopic (exact) mass is 186 g/mol. The third kappa shape index (κ3) is 4.62. The van der Waals surface area contributed by atoms with Gasteiger partial charge in [0.15, 0.2) is 5.78 Å². The van der Waals surface area contributed by atoms with E-state index in [4.69, 9.17) is 5.73 Å². The fraction of sp³-hybridized carbons (Fsp3) is 0.778. The minimum absolute atomic E-state index is 0.00139. The van der Waals surface area contributed by atoms with Crippen LogP contribution in [-0.4, -0.2) is 24.3 Å². The second kappa shape index (κ2) is 4.37. The highest BCUT2D eigenvalue weighted by Gasteiger charge is 2.21. The molecule has 0 saturated carbocycles. The molecule has 0 aromatic heterocycles. The van der Waals surface area contributed by atoms with Crippen LogP contribution >= 0.6 is 0 Å². The number of carbonyl (C=O) groups is 2. The summed E-state index contributed by atoms with van der Waals surface area (Å²) in [6, 6.07) is -0.562. The van der Waals surface area contributed by atoms with E-state index < -0.39 is 11.5 Å². The van der Waals surface area contributed by atoms with Gasteiger partial charge >= 0.3 is 0 Å². The molecular formula is C9H18N2O2. The number of Topliss-reactive ketones (excluding diaryl/α,β-unsaturated/α-hetero) is 1. The fourth-order valence-corrected chi connectivity index (χ4v) is 0.594. The van der Waals surface area contributed by atoms with Crippen LogP contribution in [0.25, 0.3) is 0 Å². The minimum Gasteiger partial charge on any atom is -0.348 e. The van der Waals surface area contributed by atoms with Crippen molar-refractivity contribution >= 4 is 11.7 Å². The van der Waals surface area contributed by atoms with E-state index in [1.54, 1.807) is 6.92 Å². The number of rotatable bonds is 3. The fourth-order valence-electron chi connectivity index (χ4n) is 0.594. The average Bonchev–Trinajstić information content (AvgIpc) is 1.97. The Kier molecular flexibility index (Phi) is 4.07. The van der Waals surface area contributed by atoms with Crippen molar-refractivity contribution in [2.75, 3.05) is 6.54 Å². The number of hydrogen-bond donors (Lipinski definition) is 2. The van der Waals surface area contributed by atoms with Gasteiger partial charge in [0.25, 0.3) is 0 Å². The molecule has 0 heterocycles. The van der Waals surface area contributed by atoms with Crippen LogP contribution < -0.4 is 11.1 Å². The van der Waals surface area contributed by atoms with E-state index in [0.717, 1.165) is 0 Å². The van der Waals surface area contributed by atoms with Gasteiger partial charge in [-0.15, -0.1) is 0 Å². The van der Waals surface area contributed by atoms with Crippen LogP contribution in [0.4, 0.5) is 0 Å². The largest absolute Gasteiger partial charge is 0.348 e. The Morgan fingerprint density at radius 3 is 2.15 bits per heavy atom. The van der Waals surface area contributed by atoms with Crippen LogP contribution in [0.5, 0.6) is 0 Å². The SMILES string of the molecule is CC(N)C(=O)NCC(=O)C(C)(C)C. The minimum atomic E-state index is -0.562. The summed E-state index contributed by atoms with van der Waals surface area (Å²) in [5.41, 5.74) is 4.90. The maximum absolute atomic E-state index is 11.3. The van der Waals surface area contributed by atoms with Crippen molar-refractivity contribution in [2.45, 2.75) is 33.7 Å². The number of hydrogen-bond acceptors (Lipinski definition) is 3. The molecule has 0 aromatic rings. The van der Waals surface area contributed by atoms with Crippen molar-refractivity contribution in [1.82, 2.24) is 5.32 Å². The van der Waals surface area contributed by atoms with E-state index in [1.807, 2.05) is 20.8 Å². The lowest BCUT2D eigenvalue weighted by molar-refractivity contribution is -0.129. The second-order valence-corrected chi connectivity index (χ2v) is 4.18. The number of nitrogens with one attached hydrogen (secondary N) is 1. The van der Waals surface area contributed by atoms with Crippen LogP contribution in [0.15, 0.2) is 0 Å². The molecule has 4 heteroatoms. The first-order chi connectivity index (χ1) is 5.75. The van der Waals surface area contributed by atoms with Gasteiger partial charge in [-0.1, -0.05) is 20.8 Å². The molecule has 0 aliphatic rings. The van der Waals surface area contributed by atoms with Gasteiger partial charge in [0.05, 0.1) is 12.6 Å². The summed E-state index contributed by atoms with van der Waals surface area (Å²) in [6.45, 7) is 7.08. The first-order valence-corrected chi connectivity index (χ1v) is 4.31. The molecule has 3 N–H and O–H groups in total. The highest BCUT2D eigenvalue weighted by Crippen LogP contribution is 2.13. The molecule has 13 heavy (non-hydrogen) atoms. The zero-order chi connectivity index (χ0) is 10.6. The van der Waals surface area contributed by atoms with Gasteiger partial charge in [0.2, 0.25) is 5.91 Å². The molecular weight excluding hydrogens is 168 g/mol. The van der Waals surface area contributed by atoms with Crippen LogP contribution in [0.1, 0.15) is 27.7 Å². The second-order valence-electron chi connectivity index (χ2n) is 4.18. The van der Waals surface area contributed by atoms with Gasteiger partial charge in [0.1, 0.15) is 0 Å². The number of amides is 1. The number of ketones is 1.